The van der Waals surface area contributed by atoms with E-state index in [9.17, 15) is 18.7 Å². The molecule has 7 heteroatoms. The van der Waals surface area contributed by atoms with Gasteiger partial charge in [0.1, 0.15) is 17.7 Å². The average molecular weight is 528 g/mol. The minimum Gasteiger partial charge on any atom is -0.385 e. The van der Waals surface area contributed by atoms with Crippen molar-refractivity contribution in [2.45, 2.75) is 44.5 Å². The minimum atomic E-state index is -1.10. The lowest BCUT2D eigenvalue weighted by atomic mass is 9.95. The Bertz CT molecular complexity index is 1340. The molecule has 1 aliphatic heterocycles. The monoisotopic (exact) mass is 527 g/mol. The number of halogens is 2. The van der Waals surface area contributed by atoms with E-state index in [4.69, 9.17) is 0 Å². The molecule has 2 heterocycles. The number of aromatic nitrogens is 1. The standard InChI is InChI=1S/C32H31F2N3O2/c33-26-16-25(17-27(34)19-26)18-30(32(39)29-20-28(13-14-35-29)37-15-7-12-31(37)38)36(21-23-8-3-1-4-9-23)22-24-10-5-2-6-11-24/h1-6,8-11,13-14,16-17,19-20,30,32,39H,7,12,15,18,21-22H2/t30-,32+/m0/s1. The van der Waals surface area contributed by atoms with Crippen LogP contribution in [0.2, 0.25) is 0 Å². The molecular weight excluding hydrogens is 496 g/mol. The van der Waals surface area contributed by atoms with Crippen LogP contribution in [0.3, 0.4) is 0 Å². The molecule has 39 heavy (non-hydrogen) atoms. The quantitative estimate of drug-likeness (QED) is 0.282. The summed E-state index contributed by atoms with van der Waals surface area (Å²) in [5, 5.41) is 11.8. The van der Waals surface area contributed by atoms with E-state index >= 15 is 0 Å². The van der Waals surface area contributed by atoms with E-state index < -0.39 is 23.8 Å². The Kier molecular flexibility index (Phi) is 8.39. The van der Waals surface area contributed by atoms with Crippen molar-refractivity contribution in [3.63, 3.8) is 0 Å². The topological polar surface area (TPSA) is 56.7 Å². The Morgan fingerprint density at radius 1 is 0.846 bits per heavy atom. The normalized spacial score (nSPS) is 15.1. The van der Waals surface area contributed by atoms with Gasteiger partial charge in [-0.2, -0.15) is 0 Å². The Morgan fingerprint density at radius 3 is 2.03 bits per heavy atom. The number of hydrogen-bond acceptors (Lipinski definition) is 4. The molecule has 4 aromatic rings. The fourth-order valence-corrected chi connectivity index (χ4v) is 5.22. The number of aliphatic hydroxyl groups excluding tert-OH is 1. The summed E-state index contributed by atoms with van der Waals surface area (Å²) in [5.74, 6) is -1.28. The van der Waals surface area contributed by atoms with E-state index in [1.165, 1.54) is 12.1 Å². The summed E-state index contributed by atoms with van der Waals surface area (Å²) >= 11 is 0. The van der Waals surface area contributed by atoms with Gasteiger partial charge in [0.2, 0.25) is 5.91 Å². The van der Waals surface area contributed by atoms with Gasteiger partial charge in [-0.05, 0) is 53.8 Å². The van der Waals surface area contributed by atoms with Gasteiger partial charge in [-0.3, -0.25) is 14.7 Å². The van der Waals surface area contributed by atoms with Gasteiger partial charge in [0.15, 0.2) is 0 Å². The molecule has 1 aromatic heterocycles. The number of nitrogens with zero attached hydrogens (tertiary/aromatic N) is 3. The Balaban J connectivity index is 1.54. The summed E-state index contributed by atoms with van der Waals surface area (Å²) < 4.78 is 28.4. The first-order valence-electron chi connectivity index (χ1n) is 13.2. The van der Waals surface area contributed by atoms with Gasteiger partial charge < -0.3 is 10.0 Å². The largest absolute Gasteiger partial charge is 0.385 e. The van der Waals surface area contributed by atoms with Crippen LogP contribution in [-0.4, -0.2) is 33.5 Å². The van der Waals surface area contributed by atoms with Crippen molar-refractivity contribution in [3.05, 3.63) is 131 Å². The molecule has 2 atom stereocenters. The van der Waals surface area contributed by atoms with E-state index in [0.717, 1.165) is 23.6 Å². The van der Waals surface area contributed by atoms with E-state index in [1.807, 2.05) is 60.7 Å². The van der Waals surface area contributed by atoms with Crippen molar-refractivity contribution >= 4 is 11.6 Å². The highest BCUT2D eigenvalue weighted by molar-refractivity contribution is 5.95. The van der Waals surface area contributed by atoms with Gasteiger partial charge in [-0.25, -0.2) is 8.78 Å². The molecule has 0 unspecified atom stereocenters. The Hall–Kier alpha value is -3.94. The van der Waals surface area contributed by atoms with Gasteiger partial charge in [0.25, 0.3) is 0 Å². The summed E-state index contributed by atoms with van der Waals surface area (Å²) in [6, 6.07) is 26.2. The number of hydrogen-bond donors (Lipinski definition) is 1. The highest BCUT2D eigenvalue weighted by Gasteiger charge is 2.31. The molecule has 3 aromatic carbocycles. The van der Waals surface area contributed by atoms with Gasteiger partial charge in [-0.15, -0.1) is 0 Å². The van der Waals surface area contributed by atoms with Crippen LogP contribution in [0.1, 0.15) is 41.3 Å². The number of rotatable bonds is 10. The Morgan fingerprint density at radius 2 is 1.46 bits per heavy atom. The number of aliphatic hydroxyl groups is 1. The number of benzene rings is 3. The van der Waals surface area contributed by atoms with E-state index in [0.29, 0.717) is 43.0 Å². The Labute approximate surface area is 227 Å². The highest BCUT2D eigenvalue weighted by Crippen LogP contribution is 2.30. The van der Waals surface area contributed by atoms with Crippen LogP contribution < -0.4 is 4.90 Å². The molecule has 0 radical (unpaired) electrons. The molecular formula is C32H31F2N3O2. The molecule has 200 valence electrons. The molecule has 1 N–H and O–H groups in total. The van der Waals surface area contributed by atoms with Crippen LogP contribution in [0, 0.1) is 11.6 Å². The third-order valence-corrected chi connectivity index (χ3v) is 7.11. The fraction of sp³-hybridized carbons (Fsp3) is 0.250. The minimum absolute atomic E-state index is 0.0446. The summed E-state index contributed by atoms with van der Waals surface area (Å²) in [4.78, 5) is 20.7. The number of carbonyl (C=O) groups excluding carboxylic acids is 1. The maximum Gasteiger partial charge on any atom is 0.227 e. The van der Waals surface area contributed by atoms with E-state index in [-0.39, 0.29) is 12.3 Å². The molecule has 5 rings (SSSR count). The molecule has 1 amide bonds. The SMILES string of the molecule is O=C1CCCN1c1ccnc([C@@H](O)[C@H](Cc2cc(F)cc(F)c2)N(Cc2ccccc2)Cc2ccccc2)c1. The molecule has 1 fully saturated rings. The lowest BCUT2D eigenvalue weighted by Crippen LogP contribution is -2.41. The van der Waals surface area contributed by atoms with Gasteiger partial charge in [0, 0.05) is 50.0 Å². The predicted octanol–water partition coefficient (Wildman–Crippen LogP) is 5.83. The van der Waals surface area contributed by atoms with E-state index in [2.05, 4.69) is 9.88 Å². The summed E-state index contributed by atoms with van der Waals surface area (Å²) in [7, 11) is 0. The van der Waals surface area contributed by atoms with Crippen LogP contribution in [0.15, 0.2) is 97.2 Å². The van der Waals surface area contributed by atoms with Crippen molar-refractivity contribution in [1.29, 1.82) is 0 Å². The van der Waals surface area contributed by atoms with E-state index in [1.54, 1.807) is 23.2 Å². The van der Waals surface area contributed by atoms with Crippen molar-refractivity contribution in [1.82, 2.24) is 9.88 Å². The molecule has 5 nitrogen and oxygen atoms in total. The average Bonchev–Trinajstić information content (AvgIpc) is 3.37. The number of pyridine rings is 1. The first kappa shape index (κ1) is 26.7. The number of anilines is 1. The zero-order chi connectivity index (χ0) is 27.2. The van der Waals surface area contributed by atoms with Crippen molar-refractivity contribution < 1.29 is 18.7 Å². The second kappa shape index (κ2) is 12.3. The second-order valence-electron chi connectivity index (χ2n) is 9.96. The summed E-state index contributed by atoms with van der Waals surface area (Å²) in [6.45, 7) is 1.62. The fourth-order valence-electron chi connectivity index (χ4n) is 5.22. The smallest absolute Gasteiger partial charge is 0.227 e. The summed E-state index contributed by atoms with van der Waals surface area (Å²) in [6.07, 6.45) is 1.97. The highest BCUT2D eigenvalue weighted by atomic mass is 19.1. The maximum atomic E-state index is 14.2. The van der Waals surface area contributed by atoms with Crippen molar-refractivity contribution in [2.24, 2.45) is 0 Å². The van der Waals surface area contributed by atoms with Crippen LogP contribution >= 0.6 is 0 Å². The molecule has 0 saturated carbocycles. The number of carbonyl (C=O) groups is 1. The van der Waals surface area contributed by atoms with Crippen LogP contribution in [0.5, 0.6) is 0 Å². The lowest BCUT2D eigenvalue weighted by molar-refractivity contribution is -0.117. The summed E-state index contributed by atoms with van der Waals surface area (Å²) in [5.41, 5.74) is 3.62. The molecule has 0 spiro atoms. The van der Waals surface area contributed by atoms with Gasteiger partial charge in [-0.1, -0.05) is 60.7 Å². The third kappa shape index (κ3) is 6.74. The first-order chi connectivity index (χ1) is 19.0. The zero-order valence-corrected chi connectivity index (χ0v) is 21.6. The maximum absolute atomic E-state index is 14.2. The first-order valence-corrected chi connectivity index (χ1v) is 13.2. The van der Waals surface area contributed by atoms with Gasteiger partial charge in [0.05, 0.1) is 5.69 Å². The lowest BCUT2D eigenvalue weighted by Gasteiger charge is -2.35. The van der Waals surface area contributed by atoms with Gasteiger partial charge >= 0.3 is 0 Å². The molecule has 0 aliphatic carbocycles. The van der Waals surface area contributed by atoms with Crippen LogP contribution in [0.25, 0.3) is 0 Å². The molecule has 0 bridgehead atoms. The van der Waals surface area contributed by atoms with Crippen LogP contribution in [-0.2, 0) is 24.3 Å². The third-order valence-electron chi connectivity index (χ3n) is 7.11. The molecule has 1 aliphatic rings. The van der Waals surface area contributed by atoms with Crippen LogP contribution in [0.4, 0.5) is 14.5 Å². The number of amides is 1. The van der Waals surface area contributed by atoms with Crippen molar-refractivity contribution in [3.8, 4) is 0 Å². The second-order valence-corrected chi connectivity index (χ2v) is 9.96. The zero-order valence-electron chi connectivity index (χ0n) is 21.6. The van der Waals surface area contributed by atoms with Crippen molar-refractivity contribution in [2.75, 3.05) is 11.4 Å². The predicted molar refractivity (Wildman–Crippen MR) is 147 cm³/mol. The molecule has 1 saturated heterocycles.